The van der Waals surface area contributed by atoms with Crippen LogP contribution in [0.2, 0.25) is 0 Å². The third-order valence-electron chi connectivity index (χ3n) is 4.42. The number of benzene rings is 1. The summed E-state index contributed by atoms with van der Waals surface area (Å²) in [5, 5.41) is 7.33. The number of nitrogens with one attached hydrogen (secondary N) is 1. The van der Waals surface area contributed by atoms with E-state index in [0.29, 0.717) is 45.0 Å². The van der Waals surface area contributed by atoms with Gasteiger partial charge >= 0.3 is 6.18 Å². The molecule has 3 rings (SSSR count). The van der Waals surface area contributed by atoms with Gasteiger partial charge in [-0.3, -0.25) is 9.67 Å². The Hall–Kier alpha value is -2.78. The molecule has 0 unspecified atom stereocenters. The number of hydrogen-bond donors (Lipinski definition) is 1. The largest absolute Gasteiger partial charge is 0.416 e. The van der Waals surface area contributed by atoms with Gasteiger partial charge < -0.3 is 15.1 Å². The fraction of sp³-hybridized carbons (Fsp3) is 0.471. The minimum Gasteiger partial charge on any atom is -0.368 e. The highest BCUT2D eigenvalue weighted by Gasteiger charge is 2.31. The van der Waals surface area contributed by atoms with Crippen LogP contribution in [0.4, 0.5) is 18.9 Å². The Morgan fingerprint density at radius 2 is 2.00 bits per heavy atom. The second-order valence-corrected chi connectivity index (χ2v) is 6.15. The number of hydrogen-bond acceptors (Lipinski definition) is 4. The maximum Gasteiger partial charge on any atom is 0.416 e. The lowest BCUT2D eigenvalue weighted by molar-refractivity contribution is -0.137. The van der Waals surface area contributed by atoms with E-state index in [1.807, 2.05) is 4.90 Å². The fourth-order valence-corrected chi connectivity index (χ4v) is 3.02. The molecule has 1 fully saturated rings. The molecule has 146 valence electrons. The van der Waals surface area contributed by atoms with Crippen molar-refractivity contribution >= 4 is 11.6 Å². The third-order valence-corrected chi connectivity index (χ3v) is 4.42. The summed E-state index contributed by atoms with van der Waals surface area (Å²) in [6, 6.07) is 5.48. The zero-order valence-electron chi connectivity index (χ0n) is 15.0. The molecule has 2 aromatic rings. The first-order valence-corrected chi connectivity index (χ1v) is 8.67. The van der Waals surface area contributed by atoms with Crippen LogP contribution >= 0.6 is 0 Å². The minimum absolute atomic E-state index is 0.596. The third kappa shape index (κ3) is 4.89. The number of halogens is 3. The zero-order valence-corrected chi connectivity index (χ0v) is 15.0. The van der Waals surface area contributed by atoms with Crippen molar-refractivity contribution in [2.45, 2.75) is 12.7 Å². The number of aliphatic imine (C=N–C) groups is 1. The maximum absolute atomic E-state index is 12.9. The number of nitrogens with zero attached hydrogens (tertiary/aromatic N) is 6. The number of alkyl halides is 3. The molecule has 1 aromatic carbocycles. The second-order valence-electron chi connectivity index (χ2n) is 6.15. The van der Waals surface area contributed by atoms with Gasteiger partial charge in [0.1, 0.15) is 12.7 Å². The normalized spacial score (nSPS) is 15.9. The molecule has 1 aliphatic heterocycles. The van der Waals surface area contributed by atoms with Gasteiger partial charge in [-0.25, -0.2) is 4.98 Å². The van der Waals surface area contributed by atoms with Crippen LogP contribution in [0.5, 0.6) is 0 Å². The van der Waals surface area contributed by atoms with Crippen LogP contribution in [0.25, 0.3) is 0 Å². The standard InChI is InChI=1S/C17H22F3N7/c1-21-16(23-5-6-27-13-22-12-24-27)26-9-7-25(8-10-26)15-4-2-3-14(11-15)17(18,19)20/h2-4,11-13H,5-10H2,1H3,(H,21,23). The summed E-state index contributed by atoms with van der Waals surface area (Å²) in [4.78, 5) is 12.3. The molecule has 0 amide bonds. The first-order valence-electron chi connectivity index (χ1n) is 8.67. The van der Waals surface area contributed by atoms with Crippen molar-refractivity contribution in [1.82, 2.24) is 25.0 Å². The van der Waals surface area contributed by atoms with Gasteiger partial charge in [0.25, 0.3) is 0 Å². The maximum atomic E-state index is 12.9. The molecule has 1 N–H and O–H groups in total. The average Bonchev–Trinajstić information content (AvgIpc) is 3.18. The molecule has 0 spiro atoms. The van der Waals surface area contributed by atoms with Crippen LogP contribution < -0.4 is 10.2 Å². The molecule has 0 aliphatic carbocycles. The van der Waals surface area contributed by atoms with E-state index in [4.69, 9.17) is 0 Å². The predicted octanol–water partition coefficient (Wildman–Crippen LogP) is 1.69. The van der Waals surface area contributed by atoms with Gasteiger partial charge in [-0.2, -0.15) is 18.3 Å². The molecule has 1 saturated heterocycles. The van der Waals surface area contributed by atoms with Crippen molar-refractivity contribution in [2.24, 2.45) is 4.99 Å². The van der Waals surface area contributed by atoms with Gasteiger partial charge in [-0.05, 0) is 18.2 Å². The minimum atomic E-state index is -4.33. The first-order chi connectivity index (χ1) is 13.0. The lowest BCUT2D eigenvalue weighted by Crippen LogP contribution is -2.53. The molecular weight excluding hydrogens is 359 g/mol. The summed E-state index contributed by atoms with van der Waals surface area (Å²) >= 11 is 0. The molecular formula is C17H22F3N7. The Balaban J connectivity index is 1.53. The summed E-state index contributed by atoms with van der Waals surface area (Å²) in [7, 11) is 1.72. The molecule has 7 nitrogen and oxygen atoms in total. The number of aromatic nitrogens is 3. The summed E-state index contributed by atoms with van der Waals surface area (Å²) in [5.74, 6) is 0.777. The van der Waals surface area contributed by atoms with Crippen molar-refractivity contribution in [2.75, 3.05) is 44.7 Å². The number of piperazine rings is 1. The second kappa shape index (κ2) is 8.28. The molecule has 0 saturated carbocycles. The summed E-state index contributed by atoms with van der Waals surface area (Å²) < 4.78 is 40.5. The van der Waals surface area contributed by atoms with Crippen LogP contribution in [0.15, 0.2) is 41.9 Å². The summed E-state index contributed by atoms with van der Waals surface area (Å²) in [6.07, 6.45) is -1.19. The Morgan fingerprint density at radius 3 is 2.63 bits per heavy atom. The monoisotopic (exact) mass is 381 g/mol. The summed E-state index contributed by atoms with van der Waals surface area (Å²) in [6.45, 7) is 3.95. The highest BCUT2D eigenvalue weighted by Crippen LogP contribution is 2.31. The predicted molar refractivity (Wildman–Crippen MR) is 96.6 cm³/mol. The van der Waals surface area contributed by atoms with Crippen molar-refractivity contribution in [1.29, 1.82) is 0 Å². The Morgan fingerprint density at radius 1 is 1.22 bits per heavy atom. The first kappa shape index (κ1) is 19.0. The van der Waals surface area contributed by atoms with Gasteiger partial charge in [-0.15, -0.1) is 0 Å². The Labute approximate surface area is 155 Å². The van der Waals surface area contributed by atoms with E-state index in [9.17, 15) is 13.2 Å². The topological polar surface area (TPSA) is 61.6 Å². The molecule has 27 heavy (non-hydrogen) atoms. The van der Waals surface area contributed by atoms with Crippen LogP contribution in [-0.2, 0) is 12.7 Å². The van der Waals surface area contributed by atoms with Crippen molar-refractivity contribution < 1.29 is 13.2 Å². The van der Waals surface area contributed by atoms with Crippen LogP contribution in [-0.4, -0.2) is 65.4 Å². The quantitative estimate of drug-likeness (QED) is 0.645. The average molecular weight is 381 g/mol. The molecule has 1 aliphatic rings. The summed E-state index contributed by atoms with van der Waals surface area (Å²) in [5.41, 5.74) is -0.0216. The van der Waals surface area contributed by atoms with E-state index >= 15 is 0 Å². The van der Waals surface area contributed by atoms with Gasteiger partial charge in [0.2, 0.25) is 0 Å². The number of anilines is 1. The van der Waals surface area contributed by atoms with Crippen LogP contribution in [0.3, 0.4) is 0 Å². The van der Waals surface area contributed by atoms with Crippen molar-refractivity contribution in [3.8, 4) is 0 Å². The SMILES string of the molecule is CN=C(NCCn1cncn1)N1CCN(c2cccc(C(F)(F)F)c2)CC1. The van der Waals surface area contributed by atoms with Crippen molar-refractivity contribution in [3.63, 3.8) is 0 Å². The molecule has 10 heteroatoms. The van der Waals surface area contributed by atoms with Crippen LogP contribution in [0.1, 0.15) is 5.56 Å². The molecule has 2 heterocycles. The van der Waals surface area contributed by atoms with E-state index in [0.717, 1.165) is 12.0 Å². The molecule has 0 bridgehead atoms. The Kier molecular flexibility index (Phi) is 5.82. The van der Waals surface area contributed by atoms with Gasteiger partial charge in [0.05, 0.1) is 12.1 Å². The highest BCUT2D eigenvalue weighted by molar-refractivity contribution is 5.80. The van der Waals surface area contributed by atoms with Crippen molar-refractivity contribution in [3.05, 3.63) is 42.5 Å². The molecule has 0 radical (unpaired) electrons. The zero-order chi connectivity index (χ0) is 19.3. The van der Waals surface area contributed by atoms with Gasteiger partial charge in [0.15, 0.2) is 5.96 Å². The number of rotatable bonds is 4. The van der Waals surface area contributed by atoms with E-state index < -0.39 is 11.7 Å². The van der Waals surface area contributed by atoms with E-state index in [-0.39, 0.29) is 0 Å². The van der Waals surface area contributed by atoms with Gasteiger partial charge in [0, 0.05) is 45.5 Å². The highest BCUT2D eigenvalue weighted by atomic mass is 19.4. The molecule has 1 aromatic heterocycles. The lowest BCUT2D eigenvalue weighted by atomic mass is 10.1. The smallest absolute Gasteiger partial charge is 0.368 e. The van der Waals surface area contributed by atoms with E-state index in [1.54, 1.807) is 24.1 Å². The van der Waals surface area contributed by atoms with E-state index in [2.05, 4.69) is 25.3 Å². The van der Waals surface area contributed by atoms with Gasteiger partial charge in [-0.1, -0.05) is 6.07 Å². The molecule has 0 atom stereocenters. The van der Waals surface area contributed by atoms with E-state index in [1.165, 1.54) is 18.5 Å². The number of guanidine groups is 1. The fourth-order valence-electron chi connectivity index (χ4n) is 3.02. The lowest BCUT2D eigenvalue weighted by Gasteiger charge is -2.37. The van der Waals surface area contributed by atoms with Crippen LogP contribution in [0, 0.1) is 0 Å². The Bertz CT molecular complexity index is 750.